The first kappa shape index (κ1) is 22.5. The van der Waals surface area contributed by atoms with Crippen LogP contribution in [0, 0.1) is 11.8 Å². The van der Waals surface area contributed by atoms with Gasteiger partial charge in [-0.2, -0.15) is 0 Å². The smallest absolute Gasteiger partial charge is 0.319 e. The number of amides is 2. The summed E-state index contributed by atoms with van der Waals surface area (Å²) in [5, 5.41) is 6.18. The average Bonchev–Trinajstić information content (AvgIpc) is 2.80. The van der Waals surface area contributed by atoms with Crippen molar-refractivity contribution in [3.63, 3.8) is 0 Å². The molecular formula is C27H35N3O2. The molecule has 0 bridgehead atoms. The summed E-state index contributed by atoms with van der Waals surface area (Å²) in [5.41, 5.74) is 2.68. The number of nitrogens with one attached hydrogen (secondary N) is 2. The Morgan fingerprint density at radius 3 is 2.69 bits per heavy atom. The molecule has 1 aliphatic carbocycles. The molecule has 1 saturated carbocycles. The Morgan fingerprint density at radius 2 is 1.88 bits per heavy atom. The number of carbonyl (C=O) groups excluding carboxylic acids is 2. The topological polar surface area (TPSA) is 61.4 Å². The molecule has 32 heavy (non-hydrogen) atoms. The van der Waals surface area contributed by atoms with Gasteiger partial charge in [0, 0.05) is 23.8 Å². The third kappa shape index (κ3) is 5.98. The van der Waals surface area contributed by atoms with Crippen molar-refractivity contribution in [3.05, 3.63) is 65.7 Å². The van der Waals surface area contributed by atoms with E-state index >= 15 is 0 Å². The van der Waals surface area contributed by atoms with E-state index < -0.39 is 0 Å². The van der Waals surface area contributed by atoms with Crippen molar-refractivity contribution >= 4 is 17.5 Å². The van der Waals surface area contributed by atoms with Gasteiger partial charge < -0.3 is 15.5 Å². The van der Waals surface area contributed by atoms with Crippen LogP contribution in [0.1, 0.15) is 54.9 Å². The number of carbonyl (C=O) groups is 2. The fourth-order valence-electron chi connectivity index (χ4n) is 5.41. The van der Waals surface area contributed by atoms with Crippen LogP contribution in [0.2, 0.25) is 0 Å². The fourth-order valence-corrected chi connectivity index (χ4v) is 5.41. The summed E-state index contributed by atoms with van der Waals surface area (Å²) in [6, 6.07) is 17.9. The Labute approximate surface area is 191 Å². The molecule has 2 aromatic rings. The molecule has 1 saturated heterocycles. The Balaban J connectivity index is 1.30. The first-order valence-electron chi connectivity index (χ1n) is 12.0. The van der Waals surface area contributed by atoms with Crippen LogP contribution < -0.4 is 10.6 Å². The minimum absolute atomic E-state index is 0.00117. The van der Waals surface area contributed by atoms with Gasteiger partial charge in [0.1, 0.15) is 0 Å². The number of Topliss-reactive ketones (excluding diaryl/α,β-unsaturated/α-hetero) is 1. The molecule has 1 aliphatic heterocycles. The van der Waals surface area contributed by atoms with E-state index in [-0.39, 0.29) is 17.9 Å². The monoisotopic (exact) mass is 433 g/mol. The number of fused-ring (bicyclic) bond motifs is 1. The van der Waals surface area contributed by atoms with Gasteiger partial charge in [0.25, 0.3) is 0 Å². The molecule has 2 amide bonds. The summed E-state index contributed by atoms with van der Waals surface area (Å²) in [5.74, 6) is 1.22. The Morgan fingerprint density at radius 1 is 1.03 bits per heavy atom. The predicted octanol–water partition coefficient (Wildman–Crippen LogP) is 5.13. The quantitative estimate of drug-likeness (QED) is 0.595. The van der Waals surface area contributed by atoms with Crippen LogP contribution in [0.5, 0.6) is 0 Å². The maximum absolute atomic E-state index is 12.7. The normalized spacial score (nSPS) is 23.2. The SMILES string of the molecule is CC(=O)c1cccc(NC(=O)NC2CCCC3CCN(CCCc4ccccc4)CC32)c1. The molecule has 0 radical (unpaired) electrons. The number of urea groups is 1. The average molecular weight is 434 g/mol. The first-order valence-corrected chi connectivity index (χ1v) is 12.0. The molecule has 170 valence electrons. The molecule has 0 spiro atoms. The molecule has 3 unspecified atom stereocenters. The summed E-state index contributed by atoms with van der Waals surface area (Å²) in [6.45, 7) is 4.90. The Bertz CT molecular complexity index is 914. The van der Waals surface area contributed by atoms with E-state index in [9.17, 15) is 9.59 Å². The number of piperidine rings is 1. The van der Waals surface area contributed by atoms with E-state index in [1.165, 1.54) is 44.7 Å². The van der Waals surface area contributed by atoms with E-state index in [0.717, 1.165) is 25.9 Å². The van der Waals surface area contributed by atoms with E-state index in [4.69, 9.17) is 0 Å². The van der Waals surface area contributed by atoms with Crippen LogP contribution in [0.15, 0.2) is 54.6 Å². The van der Waals surface area contributed by atoms with Crippen molar-refractivity contribution in [2.75, 3.05) is 25.0 Å². The second-order valence-corrected chi connectivity index (χ2v) is 9.38. The number of ketones is 1. The van der Waals surface area contributed by atoms with Crippen molar-refractivity contribution in [2.45, 2.75) is 51.5 Å². The minimum atomic E-state index is -0.169. The van der Waals surface area contributed by atoms with Crippen molar-refractivity contribution in [3.8, 4) is 0 Å². The van der Waals surface area contributed by atoms with Crippen molar-refractivity contribution < 1.29 is 9.59 Å². The van der Waals surface area contributed by atoms with E-state index in [1.807, 2.05) is 6.07 Å². The van der Waals surface area contributed by atoms with Gasteiger partial charge in [0.05, 0.1) is 0 Å². The van der Waals surface area contributed by atoms with Crippen LogP contribution in [0.4, 0.5) is 10.5 Å². The largest absolute Gasteiger partial charge is 0.335 e. The summed E-state index contributed by atoms with van der Waals surface area (Å²) in [4.78, 5) is 26.9. The first-order chi connectivity index (χ1) is 15.6. The molecule has 1 heterocycles. The van der Waals surface area contributed by atoms with Gasteiger partial charge in [-0.15, -0.1) is 0 Å². The maximum Gasteiger partial charge on any atom is 0.319 e. The van der Waals surface area contributed by atoms with Crippen LogP contribution in [0.25, 0.3) is 0 Å². The second-order valence-electron chi connectivity index (χ2n) is 9.38. The summed E-state index contributed by atoms with van der Waals surface area (Å²) in [7, 11) is 0. The van der Waals surface area contributed by atoms with E-state index in [2.05, 4.69) is 45.9 Å². The lowest BCUT2D eigenvalue weighted by Gasteiger charge is -2.45. The molecule has 2 N–H and O–H groups in total. The number of nitrogens with zero attached hydrogens (tertiary/aromatic N) is 1. The Hall–Kier alpha value is -2.66. The van der Waals surface area contributed by atoms with E-state index in [1.54, 1.807) is 18.2 Å². The Kier molecular flexibility index (Phi) is 7.59. The summed E-state index contributed by atoms with van der Waals surface area (Å²) in [6.07, 6.45) is 7.03. The summed E-state index contributed by atoms with van der Waals surface area (Å²) < 4.78 is 0. The molecule has 4 rings (SSSR count). The fraction of sp³-hybridized carbons (Fsp3) is 0.481. The molecule has 2 fully saturated rings. The second kappa shape index (κ2) is 10.8. The summed E-state index contributed by atoms with van der Waals surface area (Å²) >= 11 is 0. The highest BCUT2D eigenvalue weighted by molar-refractivity contribution is 5.96. The van der Waals surface area contributed by atoms with Crippen molar-refractivity contribution in [2.24, 2.45) is 11.8 Å². The zero-order valence-corrected chi connectivity index (χ0v) is 19.1. The number of benzene rings is 2. The van der Waals surface area contributed by atoms with Crippen LogP contribution in [-0.4, -0.2) is 42.4 Å². The van der Waals surface area contributed by atoms with Crippen LogP contribution >= 0.6 is 0 Å². The lowest BCUT2D eigenvalue weighted by atomic mass is 9.72. The van der Waals surface area contributed by atoms with Crippen LogP contribution in [-0.2, 0) is 6.42 Å². The van der Waals surface area contributed by atoms with Gasteiger partial charge in [-0.05, 0) is 81.6 Å². The lowest BCUT2D eigenvalue weighted by molar-refractivity contribution is 0.0641. The molecule has 5 heteroatoms. The van der Waals surface area contributed by atoms with Gasteiger partial charge in [-0.25, -0.2) is 4.79 Å². The highest BCUT2D eigenvalue weighted by Gasteiger charge is 2.37. The number of anilines is 1. The molecule has 2 aromatic carbocycles. The van der Waals surface area contributed by atoms with Gasteiger partial charge in [0.2, 0.25) is 0 Å². The van der Waals surface area contributed by atoms with Gasteiger partial charge >= 0.3 is 6.03 Å². The zero-order chi connectivity index (χ0) is 22.3. The third-order valence-corrected chi connectivity index (χ3v) is 7.12. The molecular weight excluding hydrogens is 398 g/mol. The number of likely N-dealkylation sites (tertiary alicyclic amines) is 1. The number of rotatable bonds is 7. The highest BCUT2D eigenvalue weighted by atomic mass is 16.2. The zero-order valence-electron chi connectivity index (χ0n) is 19.1. The lowest BCUT2D eigenvalue weighted by Crippen LogP contribution is -2.53. The van der Waals surface area contributed by atoms with Gasteiger partial charge in [-0.1, -0.05) is 48.9 Å². The third-order valence-electron chi connectivity index (χ3n) is 7.12. The van der Waals surface area contributed by atoms with Gasteiger partial charge in [-0.3, -0.25) is 4.79 Å². The number of aryl methyl sites for hydroxylation is 1. The van der Waals surface area contributed by atoms with E-state index in [0.29, 0.717) is 23.1 Å². The van der Waals surface area contributed by atoms with Crippen molar-refractivity contribution in [1.29, 1.82) is 0 Å². The highest BCUT2D eigenvalue weighted by Crippen LogP contribution is 2.36. The minimum Gasteiger partial charge on any atom is -0.335 e. The standard InChI is InChI=1S/C27H35N3O2/c1-20(31)23-12-5-13-24(18-23)28-27(32)29-26-14-6-11-22-15-17-30(19-25(22)26)16-7-10-21-8-3-2-4-9-21/h2-5,8-9,12-13,18,22,25-26H,6-7,10-11,14-17,19H2,1H3,(H2,28,29,32). The predicted molar refractivity (Wildman–Crippen MR) is 129 cm³/mol. The molecule has 0 aromatic heterocycles. The maximum atomic E-state index is 12.7. The van der Waals surface area contributed by atoms with Crippen LogP contribution in [0.3, 0.4) is 0 Å². The molecule has 3 atom stereocenters. The molecule has 5 nitrogen and oxygen atoms in total. The van der Waals surface area contributed by atoms with Gasteiger partial charge in [0.15, 0.2) is 5.78 Å². The van der Waals surface area contributed by atoms with Crippen molar-refractivity contribution in [1.82, 2.24) is 10.2 Å². The number of hydrogen-bond acceptors (Lipinski definition) is 3. The number of hydrogen-bond donors (Lipinski definition) is 2. The molecule has 2 aliphatic rings.